The van der Waals surface area contributed by atoms with Crippen LogP contribution in [0.1, 0.15) is 67.6 Å². The summed E-state index contributed by atoms with van der Waals surface area (Å²) in [5, 5.41) is 34.4. The van der Waals surface area contributed by atoms with E-state index >= 15 is 0 Å². The molecule has 0 spiro atoms. The molecule has 3 unspecified atom stereocenters. The summed E-state index contributed by atoms with van der Waals surface area (Å²) in [6.45, 7) is 6.53. The molecule has 269 valence electrons. The molecule has 2 amide bonds. The third-order valence-corrected chi connectivity index (χ3v) is 7.53. The molecule has 2 aromatic rings. The van der Waals surface area contributed by atoms with Crippen LogP contribution in [0.2, 0.25) is 0 Å². The first-order valence-corrected chi connectivity index (χ1v) is 16.3. The van der Waals surface area contributed by atoms with Gasteiger partial charge in [-0.3, -0.25) is 9.63 Å². The van der Waals surface area contributed by atoms with Crippen LogP contribution in [0.3, 0.4) is 0 Å². The fourth-order valence-electron chi connectivity index (χ4n) is 4.44. The van der Waals surface area contributed by atoms with Gasteiger partial charge in [0, 0.05) is 19.4 Å². The zero-order chi connectivity index (χ0) is 36.4. The number of rotatable bonds is 16. The number of carbonyl (C=O) groups is 4. The van der Waals surface area contributed by atoms with Gasteiger partial charge in [-0.2, -0.15) is 0 Å². The second kappa shape index (κ2) is 17.9. The third kappa shape index (κ3) is 13.0. The number of carboxylic acids is 1. The molecule has 1 aliphatic rings. The van der Waals surface area contributed by atoms with Crippen LogP contribution in [-0.4, -0.2) is 102 Å². The van der Waals surface area contributed by atoms with Crippen molar-refractivity contribution in [2.75, 3.05) is 18.5 Å². The standard InChI is InChI=1S/C32H42N3O13Te/c1-31(2,45-17-32(3,4)48-33)16-34-27(38)22-10-19(6-8-24(22)46-26-12-21(37)11-25(47-26)28(39)40)14-43-29(41)35-23-7-5-18(13-36)9-20(23)15-44-30(42)49/h5-10,21,25-26,36-37H,11-17,33H2,1-4H3,(H,34,38)(H,35,41)(H,39,40). The van der Waals surface area contributed by atoms with E-state index in [2.05, 4.69) is 10.6 Å². The van der Waals surface area contributed by atoms with Crippen molar-refractivity contribution in [2.45, 2.75) is 90.1 Å². The molecule has 1 fully saturated rings. The minimum absolute atomic E-state index is 0.0157. The molecule has 16 nitrogen and oxygen atoms in total. The SMILES string of the molecule is CC(C)(COC(C)(C)CNC(=O)c1cc(COC(=O)Nc2ccc(CO)cc2COC(=O)[Te])ccc1OC1CC(O)CC(C(=O)O)O1)ON. The molecule has 0 aromatic heterocycles. The fraction of sp³-hybridized carbons (Fsp3) is 0.500. The molecular formula is C32H42N3O13Te. The van der Waals surface area contributed by atoms with Crippen molar-refractivity contribution in [3.05, 3.63) is 58.7 Å². The maximum atomic E-state index is 13.5. The normalized spacial score (nSPS) is 17.9. The Morgan fingerprint density at radius 2 is 1.71 bits per heavy atom. The number of aliphatic hydroxyl groups is 2. The van der Waals surface area contributed by atoms with Crippen LogP contribution in [0.15, 0.2) is 36.4 Å². The number of ether oxygens (including phenoxy) is 5. The second-order valence-electron chi connectivity index (χ2n) is 12.5. The predicted octanol–water partition coefficient (Wildman–Crippen LogP) is 2.26. The Labute approximate surface area is 296 Å². The molecule has 49 heavy (non-hydrogen) atoms. The van der Waals surface area contributed by atoms with Gasteiger partial charge < -0.3 is 29.7 Å². The van der Waals surface area contributed by atoms with Gasteiger partial charge in [-0.15, -0.1) is 0 Å². The summed E-state index contributed by atoms with van der Waals surface area (Å²) < 4.78 is 27.2. The minimum atomic E-state index is -1.30. The van der Waals surface area contributed by atoms with Gasteiger partial charge in [0.2, 0.25) is 6.29 Å². The maximum absolute atomic E-state index is 13.5. The van der Waals surface area contributed by atoms with Crippen molar-refractivity contribution in [2.24, 2.45) is 5.90 Å². The summed E-state index contributed by atoms with van der Waals surface area (Å²) in [5.74, 6) is 3.50. The number of carboxylic acid groups (broad SMARTS) is 1. The van der Waals surface area contributed by atoms with Gasteiger partial charge >= 0.3 is 152 Å². The molecule has 3 atom stereocenters. The average Bonchev–Trinajstić information content (AvgIpc) is 3.05. The molecule has 0 aliphatic carbocycles. The topological polar surface area (TPSA) is 234 Å². The summed E-state index contributed by atoms with van der Waals surface area (Å²) in [4.78, 5) is 54.0. The molecule has 2 aromatic carbocycles. The Balaban J connectivity index is 1.78. The number of anilines is 1. The Kier molecular flexibility index (Phi) is 14.6. The van der Waals surface area contributed by atoms with Crippen LogP contribution in [0, 0.1) is 0 Å². The number of hydrogen-bond acceptors (Lipinski definition) is 13. The Morgan fingerprint density at radius 3 is 2.37 bits per heavy atom. The number of nitrogens with one attached hydrogen (secondary N) is 2. The monoisotopic (exact) mass is 806 g/mol. The van der Waals surface area contributed by atoms with Crippen LogP contribution in [-0.2, 0) is 48.4 Å². The number of amides is 2. The number of aliphatic hydroxyl groups excluding tert-OH is 2. The van der Waals surface area contributed by atoms with Gasteiger partial charge in [0.1, 0.15) is 11.4 Å². The number of benzene rings is 2. The van der Waals surface area contributed by atoms with Crippen molar-refractivity contribution in [3.63, 3.8) is 0 Å². The van der Waals surface area contributed by atoms with E-state index in [1.807, 2.05) is 0 Å². The third-order valence-electron chi connectivity index (χ3n) is 7.20. The number of carbonyl (C=O) groups excluding carboxylic acids is 3. The molecule has 0 bridgehead atoms. The molecular weight excluding hydrogens is 762 g/mol. The number of hydrogen-bond donors (Lipinski definition) is 6. The van der Waals surface area contributed by atoms with Gasteiger partial charge in [0.15, 0.2) is 6.10 Å². The molecule has 17 heteroatoms. The smallest absolute Gasteiger partial charge is 0.479 e. The first-order chi connectivity index (χ1) is 23.0. The summed E-state index contributed by atoms with van der Waals surface area (Å²) in [5.41, 5.74) is 0.0801. The van der Waals surface area contributed by atoms with Crippen molar-refractivity contribution < 1.29 is 63.0 Å². The van der Waals surface area contributed by atoms with Crippen molar-refractivity contribution >= 4 is 50.0 Å². The van der Waals surface area contributed by atoms with E-state index in [1.54, 1.807) is 39.8 Å². The van der Waals surface area contributed by atoms with E-state index in [9.17, 15) is 34.5 Å². The van der Waals surface area contributed by atoms with E-state index in [0.29, 0.717) is 22.4 Å². The molecule has 1 saturated heterocycles. The zero-order valence-corrected chi connectivity index (χ0v) is 29.9. The van der Waals surface area contributed by atoms with Crippen LogP contribution in [0.5, 0.6) is 5.75 Å². The van der Waals surface area contributed by atoms with Crippen LogP contribution >= 0.6 is 0 Å². The van der Waals surface area contributed by atoms with Crippen molar-refractivity contribution in [1.82, 2.24) is 5.32 Å². The van der Waals surface area contributed by atoms with Gasteiger partial charge in [-0.1, -0.05) is 0 Å². The number of aliphatic carboxylic acids is 1. The van der Waals surface area contributed by atoms with E-state index < -0.39 is 51.7 Å². The zero-order valence-electron chi connectivity index (χ0n) is 27.6. The van der Waals surface area contributed by atoms with Gasteiger partial charge in [0.25, 0.3) is 5.91 Å². The van der Waals surface area contributed by atoms with Crippen molar-refractivity contribution in [1.29, 1.82) is 0 Å². The van der Waals surface area contributed by atoms with Gasteiger partial charge in [-0.25, -0.2) is 10.7 Å². The van der Waals surface area contributed by atoms with Gasteiger partial charge in [-0.05, 0) is 27.7 Å². The summed E-state index contributed by atoms with van der Waals surface area (Å²) in [6, 6.07) is 9.13. The van der Waals surface area contributed by atoms with Crippen molar-refractivity contribution in [3.8, 4) is 5.75 Å². The molecule has 0 saturated carbocycles. The molecule has 3 rings (SSSR count). The summed E-state index contributed by atoms with van der Waals surface area (Å²) in [7, 11) is 0. The van der Waals surface area contributed by atoms with E-state index in [-0.39, 0.29) is 57.1 Å². The number of nitrogens with two attached hydrogens (primary N) is 1. The second-order valence-corrected chi connectivity index (χ2v) is 13.4. The Bertz CT molecular complexity index is 1490. The first kappa shape index (κ1) is 39.9. The van der Waals surface area contributed by atoms with Crippen LogP contribution in [0.4, 0.5) is 15.3 Å². The first-order valence-electron chi connectivity index (χ1n) is 15.2. The Hall–Kier alpha value is -3.53. The van der Waals surface area contributed by atoms with E-state index in [1.165, 1.54) is 46.6 Å². The molecule has 1 radical (unpaired) electrons. The quantitative estimate of drug-likeness (QED) is 0.106. The fourth-order valence-corrected chi connectivity index (χ4v) is 4.61. The Morgan fingerprint density at radius 1 is 1.00 bits per heavy atom. The molecule has 7 N–H and O–H groups in total. The minimum Gasteiger partial charge on any atom is -0.479 e. The van der Waals surface area contributed by atoms with Gasteiger partial charge in [0.05, 0.1) is 18.3 Å². The van der Waals surface area contributed by atoms with E-state index in [0.717, 1.165) is 0 Å². The van der Waals surface area contributed by atoms with Crippen LogP contribution < -0.4 is 21.3 Å². The summed E-state index contributed by atoms with van der Waals surface area (Å²) in [6.07, 6.45) is -4.46. The van der Waals surface area contributed by atoms with Crippen LogP contribution in [0.25, 0.3) is 0 Å². The summed E-state index contributed by atoms with van der Waals surface area (Å²) >= 11 is 1.17. The average molecular weight is 804 g/mol. The predicted molar refractivity (Wildman–Crippen MR) is 172 cm³/mol. The van der Waals surface area contributed by atoms with E-state index in [4.69, 9.17) is 34.4 Å². The molecule has 1 aliphatic heterocycles. The molecule has 1 heterocycles.